The van der Waals surface area contributed by atoms with Crippen LogP contribution in [0.4, 0.5) is 4.39 Å². The third-order valence-corrected chi connectivity index (χ3v) is 5.99. The average Bonchev–Trinajstić information content (AvgIpc) is 2.63. The second-order valence-electron chi connectivity index (χ2n) is 6.05. The molecule has 1 saturated heterocycles. The summed E-state index contributed by atoms with van der Waals surface area (Å²) in [6.07, 6.45) is 7.90. The van der Waals surface area contributed by atoms with Crippen LogP contribution in [0.25, 0.3) is 5.31 Å². The highest BCUT2D eigenvalue weighted by Gasteiger charge is 2.29. The van der Waals surface area contributed by atoms with Crippen molar-refractivity contribution in [2.45, 2.75) is 5.78 Å². The van der Waals surface area contributed by atoms with Crippen molar-refractivity contribution >= 4 is 19.8 Å². The molecule has 4 rings (SSSR count). The van der Waals surface area contributed by atoms with Crippen molar-refractivity contribution in [3.05, 3.63) is 65.8 Å². The molecule has 0 radical (unpaired) electrons. The van der Waals surface area contributed by atoms with E-state index in [4.69, 9.17) is 0 Å². The van der Waals surface area contributed by atoms with Gasteiger partial charge in [0.25, 0.3) is 5.91 Å². The summed E-state index contributed by atoms with van der Waals surface area (Å²) >= 11 is 0. The van der Waals surface area contributed by atoms with Crippen LogP contribution in [0.2, 0.25) is 0 Å². The highest BCUT2D eigenvalue weighted by atomic mass is 31.1. The molecule has 1 N–H and O–H groups in total. The number of hydrogen-bond acceptors (Lipinski definition) is 3. The van der Waals surface area contributed by atoms with Crippen molar-refractivity contribution in [2.75, 3.05) is 26.2 Å². The number of hydrogen-bond donors (Lipinski definition) is 1. The Morgan fingerprint density at radius 2 is 1.92 bits per heavy atom. The molecule has 1 amide bonds. The van der Waals surface area contributed by atoms with E-state index in [2.05, 4.69) is 22.4 Å². The maximum Gasteiger partial charge on any atom is 0.252 e. The van der Waals surface area contributed by atoms with Crippen molar-refractivity contribution in [1.82, 2.24) is 15.1 Å². The van der Waals surface area contributed by atoms with Gasteiger partial charge in [-0.3, -0.25) is 4.79 Å². The fourth-order valence-electron chi connectivity index (χ4n) is 3.17. The normalized spacial score (nSPS) is 24.7. The lowest BCUT2D eigenvalue weighted by atomic mass is 10.2. The Kier molecular flexibility index (Phi) is 4.21. The summed E-state index contributed by atoms with van der Waals surface area (Å²) in [4.78, 5) is 16.7. The number of nitrogens with one attached hydrogen (secondary N) is 1. The van der Waals surface area contributed by atoms with Crippen molar-refractivity contribution < 1.29 is 9.18 Å². The smallest absolute Gasteiger partial charge is 0.252 e. The maximum atomic E-state index is 13.1. The molecule has 0 aliphatic carbocycles. The topological polar surface area (TPSA) is 35.6 Å². The van der Waals surface area contributed by atoms with Crippen LogP contribution in [0.5, 0.6) is 0 Å². The number of fused-ring (bicyclic) bond motifs is 1. The molecule has 0 bridgehead atoms. The molecule has 1 fully saturated rings. The summed E-state index contributed by atoms with van der Waals surface area (Å²) in [5.74, 6) is -0.197. The third kappa shape index (κ3) is 3.02. The first-order valence-corrected chi connectivity index (χ1v) is 9.21. The second-order valence-corrected chi connectivity index (χ2v) is 7.47. The summed E-state index contributed by atoms with van der Waals surface area (Å²) in [6, 6.07) is 6.37. The fourth-order valence-corrected chi connectivity index (χ4v) is 4.56. The van der Waals surface area contributed by atoms with Gasteiger partial charge in [-0.25, -0.2) is 4.39 Å². The largest absolute Gasteiger partial charge is 0.368 e. The summed E-state index contributed by atoms with van der Waals surface area (Å²) in [7, 11) is 0.463. The lowest BCUT2D eigenvalue weighted by Gasteiger charge is -2.37. The van der Waals surface area contributed by atoms with Crippen molar-refractivity contribution in [2.24, 2.45) is 0 Å². The highest BCUT2D eigenvalue weighted by molar-refractivity contribution is 7.51. The molecule has 6 heteroatoms. The Balaban J connectivity index is 1.57. The molecule has 1 aromatic rings. The second kappa shape index (κ2) is 6.50. The molecule has 3 aliphatic rings. The maximum absolute atomic E-state index is 13.1. The van der Waals surface area contributed by atoms with Gasteiger partial charge in [0.15, 0.2) is 0 Å². The highest BCUT2D eigenvalue weighted by Crippen LogP contribution is 2.44. The van der Waals surface area contributed by atoms with Gasteiger partial charge in [-0.05, 0) is 29.1 Å². The Bertz CT molecular complexity index is 735. The molecule has 2 unspecified atom stereocenters. The minimum absolute atomic E-state index is 0.00457. The number of rotatable bonds is 2. The molecule has 24 heavy (non-hydrogen) atoms. The number of piperazine rings is 1. The number of amides is 1. The van der Waals surface area contributed by atoms with E-state index in [1.165, 1.54) is 12.1 Å². The molecule has 2 atom stereocenters. The number of carbonyl (C=O) groups excluding carboxylic acids is 1. The van der Waals surface area contributed by atoms with E-state index >= 15 is 0 Å². The number of nitrogens with zero attached hydrogens (tertiary/aromatic N) is 2. The van der Waals surface area contributed by atoms with Crippen LogP contribution < -0.4 is 5.32 Å². The van der Waals surface area contributed by atoms with Gasteiger partial charge >= 0.3 is 0 Å². The molecule has 4 nitrogen and oxygen atoms in total. The van der Waals surface area contributed by atoms with Gasteiger partial charge in [-0.2, -0.15) is 0 Å². The zero-order chi connectivity index (χ0) is 16.5. The zero-order valence-corrected chi connectivity index (χ0v) is 14.2. The van der Waals surface area contributed by atoms with Crippen LogP contribution in [0.1, 0.15) is 5.56 Å². The van der Waals surface area contributed by atoms with Gasteiger partial charge in [0.2, 0.25) is 0 Å². The summed E-state index contributed by atoms with van der Waals surface area (Å²) in [5, 5.41) is 4.33. The Morgan fingerprint density at radius 3 is 2.67 bits per heavy atom. The molecule has 0 aromatic heterocycles. The van der Waals surface area contributed by atoms with E-state index in [1.807, 2.05) is 11.1 Å². The summed E-state index contributed by atoms with van der Waals surface area (Å²) < 4.78 is 13.1. The van der Waals surface area contributed by atoms with E-state index in [-0.39, 0.29) is 17.5 Å². The molecular weight excluding hydrogens is 324 g/mol. The fraction of sp³-hybridized carbons (Fsp3) is 0.278. The average molecular weight is 343 g/mol. The monoisotopic (exact) mass is 343 g/mol. The minimum atomic E-state index is -0.257. The van der Waals surface area contributed by atoms with Crippen LogP contribution in [0.15, 0.2) is 54.4 Å². The summed E-state index contributed by atoms with van der Waals surface area (Å²) in [5.41, 5.74) is 2.03. The molecule has 3 heterocycles. The molecule has 0 saturated carbocycles. The third-order valence-electron chi connectivity index (χ3n) is 4.48. The first-order valence-electron chi connectivity index (χ1n) is 8.13. The predicted molar refractivity (Wildman–Crippen MR) is 95.0 cm³/mol. The molecule has 0 spiro atoms. The van der Waals surface area contributed by atoms with E-state index < -0.39 is 0 Å². The van der Waals surface area contributed by atoms with Crippen LogP contribution >= 0.6 is 8.58 Å². The summed E-state index contributed by atoms with van der Waals surface area (Å²) in [6.45, 7) is 3.86. The molecule has 1 aromatic carbocycles. The van der Waals surface area contributed by atoms with Crippen LogP contribution in [0, 0.1) is 5.82 Å². The first kappa shape index (κ1) is 15.6. The quantitative estimate of drug-likeness (QED) is 0.838. The van der Waals surface area contributed by atoms with Crippen LogP contribution in [-0.2, 0) is 4.79 Å². The number of benzene rings is 1. The SMILES string of the molecule is O=C1C=C(c2ccc(F)cc2)PC2C=CC(N3CCNCC3)=CN12. The lowest BCUT2D eigenvalue weighted by molar-refractivity contribution is -0.123. The van der Waals surface area contributed by atoms with E-state index in [1.54, 1.807) is 18.2 Å². The standard InChI is InChI=1S/C18H19FN3OP/c19-14-3-1-13(2-4-14)16-11-17(23)22-12-15(5-6-18(22)24-16)21-9-7-20-8-10-21/h1-6,11-12,18,20,24H,7-10H2. The van der Waals surface area contributed by atoms with Crippen molar-refractivity contribution in [1.29, 1.82) is 0 Å². The Hall–Kier alpha value is -1.97. The molecular formula is C18H19FN3OP. The van der Waals surface area contributed by atoms with E-state index in [0.29, 0.717) is 8.58 Å². The Morgan fingerprint density at radius 1 is 1.17 bits per heavy atom. The molecule has 3 aliphatic heterocycles. The zero-order valence-electron chi connectivity index (χ0n) is 13.2. The van der Waals surface area contributed by atoms with Crippen LogP contribution in [-0.4, -0.2) is 47.7 Å². The molecule has 124 valence electrons. The predicted octanol–water partition coefficient (Wildman–Crippen LogP) is 2.33. The van der Waals surface area contributed by atoms with Gasteiger partial charge in [-0.15, -0.1) is 0 Å². The van der Waals surface area contributed by atoms with E-state index in [0.717, 1.165) is 42.8 Å². The van der Waals surface area contributed by atoms with Gasteiger partial charge in [-0.1, -0.05) is 26.8 Å². The van der Waals surface area contributed by atoms with Gasteiger partial charge < -0.3 is 15.1 Å². The van der Waals surface area contributed by atoms with Crippen molar-refractivity contribution in [3.8, 4) is 0 Å². The minimum Gasteiger partial charge on any atom is -0.368 e. The van der Waals surface area contributed by atoms with Crippen LogP contribution in [0.3, 0.4) is 0 Å². The van der Waals surface area contributed by atoms with Gasteiger partial charge in [0.05, 0.1) is 11.5 Å². The lowest BCUT2D eigenvalue weighted by Crippen LogP contribution is -2.44. The van der Waals surface area contributed by atoms with Crippen molar-refractivity contribution in [3.63, 3.8) is 0 Å². The Labute approximate surface area is 142 Å². The van der Waals surface area contributed by atoms with Gasteiger partial charge in [0.1, 0.15) is 5.82 Å². The van der Waals surface area contributed by atoms with Gasteiger partial charge in [0, 0.05) is 38.5 Å². The number of carbonyl (C=O) groups is 1. The van der Waals surface area contributed by atoms with E-state index in [9.17, 15) is 9.18 Å². The number of allylic oxidation sites excluding steroid dienone is 1. The first-order chi connectivity index (χ1) is 11.7. The number of halogens is 1.